The molecule has 1 N–H and O–H groups in total. The van der Waals surface area contributed by atoms with Crippen molar-refractivity contribution in [2.24, 2.45) is 0 Å². The van der Waals surface area contributed by atoms with Crippen LogP contribution in [-0.2, 0) is 24.2 Å². The molecule has 2 aliphatic rings. The number of fused-ring (bicyclic) bond motifs is 4. The van der Waals surface area contributed by atoms with Crippen molar-refractivity contribution in [3.63, 3.8) is 0 Å². The second kappa shape index (κ2) is 8.34. The lowest BCUT2D eigenvalue weighted by Gasteiger charge is -2.21. The Kier molecular flexibility index (Phi) is 5.40. The van der Waals surface area contributed by atoms with Crippen LogP contribution >= 0.6 is 11.3 Å². The van der Waals surface area contributed by atoms with E-state index in [-0.39, 0.29) is 23.9 Å². The molecule has 31 heavy (non-hydrogen) atoms. The smallest absolute Gasteiger partial charge is 0.262 e. The number of hydrogen-bond donors (Lipinski definition) is 1. The first-order valence-electron chi connectivity index (χ1n) is 10.8. The minimum atomic E-state index is -0.176. The maximum atomic E-state index is 13.0. The van der Waals surface area contributed by atoms with Gasteiger partial charge in [-0.3, -0.25) is 14.2 Å². The lowest BCUT2D eigenvalue weighted by atomic mass is 9.97. The Bertz CT molecular complexity index is 1200. The highest BCUT2D eigenvalue weighted by Crippen LogP contribution is 2.34. The molecule has 0 unspecified atom stereocenters. The summed E-state index contributed by atoms with van der Waals surface area (Å²) in [5.41, 5.74) is 2.09. The fourth-order valence-electron chi connectivity index (χ4n) is 4.29. The molecule has 0 saturated carbocycles. The van der Waals surface area contributed by atoms with Crippen molar-refractivity contribution in [2.75, 3.05) is 13.2 Å². The Balaban J connectivity index is 1.26. The van der Waals surface area contributed by atoms with Gasteiger partial charge in [0, 0.05) is 17.8 Å². The molecule has 3 heterocycles. The van der Waals surface area contributed by atoms with E-state index in [4.69, 9.17) is 9.47 Å². The first kappa shape index (κ1) is 20.1. The van der Waals surface area contributed by atoms with Gasteiger partial charge in [0.1, 0.15) is 18.0 Å². The Morgan fingerprint density at radius 1 is 1.23 bits per heavy atom. The molecule has 5 rings (SSSR count). The quantitative estimate of drug-likeness (QED) is 0.659. The topological polar surface area (TPSA) is 82.5 Å². The van der Waals surface area contributed by atoms with Crippen LogP contribution in [0.3, 0.4) is 0 Å². The van der Waals surface area contributed by atoms with Crippen LogP contribution in [0.5, 0.6) is 11.5 Å². The molecular formula is C23H25N3O4S. The summed E-state index contributed by atoms with van der Waals surface area (Å²) in [5, 5.41) is 3.76. The Labute approximate surface area is 184 Å². The number of nitrogens with zero attached hydrogens (tertiary/aromatic N) is 2. The molecule has 1 aliphatic heterocycles. The van der Waals surface area contributed by atoms with Gasteiger partial charge >= 0.3 is 0 Å². The third-order valence-corrected chi connectivity index (χ3v) is 7.17. The summed E-state index contributed by atoms with van der Waals surface area (Å²) in [6, 6.07) is 5.53. The van der Waals surface area contributed by atoms with Gasteiger partial charge < -0.3 is 14.8 Å². The monoisotopic (exact) mass is 439 g/mol. The molecule has 2 aromatic heterocycles. The first-order chi connectivity index (χ1) is 15.1. The van der Waals surface area contributed by atoms with Gasteiger partial charge in [-0.1, -0.05) is 6.07 Å². The number of nitrogens with one attached hydrogen (secondary N) is 1. The molecule has 1 aliphatic carbocycles. The Hall–Kier alpha value is -2.87. The Morgan fingerprint density at radius 2 is 2.03 bits per heavy atom. The van der Waals surface area contributed by atoms with Gasteiger partial charge in [-0.05, 0) is 55.9 Å². The highest BCUT2D eigenvalue weighted by Gasteiger charge is 2.20. The molecule has 0 saturated heterocycles. The molecule has 0 fully saturated rings. The van der Waals surface area contributed by atoms with Gasteiger partial charge in [-0.15, -0.1) is 11.3 Å². The zero-order valence-electron chi connectivity index (χ0n) is 17.5. The highest BCUT2D eigenvalue weighted by atomic mass is 32.1. The van der Waals surface area contributed by atoms with Crippen LogP contribution in [0.15, 0.2) is 29.3 Å². The number of benzene rings is 1. The van der Waals surface area contributed by atoms with E-state index in [1.807, 2.05) is 25.1 Å². The Morgan fingerprint density at radius 3 is 2.90 bits per heavy atom. The molecule has 162 valence electrons. The molecule has 1 amide bonds. The number of amides is 1. The summed E-state index contributed by atoms with van der Waals surface area (Å²) in [6.45, 7) is 3.32. The molecular weight excluding hydrogens is 414 g/mol. The van der Waals surface area contributed by atoms with E-state index in [1.54, 1.807) is 22.2 Å². The molecule has 7 nitrogen and oxygen atoms in total. The zero-order chi connectivity index (χ0) is 21.4. The lowest BCUT2D eigenvalue weighted by Crippen LogP contribution is -2.29. The van der Waals surface area contributed by atoms with Gasteiger partial charge in [-0.25, -0.2) is 4.98 Å². The van der Waals surface area contributed by atoms with Gasteiger partial charge in [0.05, 0.1) is 17.8 Å². The van der Waals surface area contributed by atoms with E-state index >= 15 is 0 Å². The molecule has 0 spiro atoms. The van der Waals surface area contributed by atoms with Crippen LogP contribution in [0.1, 0.15) is 48.2 Å². The number of aromatic nitrogens is 2. The van der Waals surface area contributed by atoms with Crippen molar-refractivity contribution in [1.29, 1.82) is 0 Å². The highest BCUT2D eigenvalue weighted by molar-refractivity contribution is 7.18. The van der Waals surface area contributed by atoms with Crippen molar-refractivity contribution in [1.82, 2.24) is 14.9 Å². The number of hydrogen-bond acceptors (Lipinski definition) is 6. The third kappa shape index (κ3) is 3.92. The van der Waals surface area contributed by atoms with E-state index in [9.17, 15) is 9.59 Å². The van der Waals surface area contributed by atoms with Crippen LogP contribution in [0.25, 0.3) is 10.2 Å². The first-order valence-corrected chi connectivity index (χ1v) is 11.6. The summed E-state index contributed by atoms with van der Waals surface area (Å²) >= 11 is 1.64. The van der Waals surface area contributed by atoms with Gasteiger partial charge in [0.2, 0.25) is 5.91 Å². The van der Waals surface area contributed by atoms with Crippen LogP contribution in [0.2, 0.25) is 0 Å². The predicted molar refractivity (Wildman–Crippen MR) is 119 cm³/mol. The molecule has 0 radical (unpaired) electrons. The third-order valence-electron chi connectivity index (χ3n) is 5.97. The summed E-state index contributed by atoms with van der Waals surface area (Å²) < 4.78 is 12.7. The molecule has 1 atom stereocenters. The SMILES string of the molecule is C[C@H](NC(=O)CCn1cnc2sc3c(c2c1=O)CCCC3)c1ccc2c(c1)OCCO2. The second-order valence-electron chi connectivity index (χ2n) is 8.08. The number of aryl methyl sites for hydroxylation is 3. The van der Waals surface area contributed by atoms with Gasteiger partial charge in [0.15, 0.2) is 11.5 Å². The van der Waals surface area contributed by atoms with Crippen LogP contribution < -0.4 is 20.3 Å². The van der Waals surface area contributed by atoms with E-state index in [0.29, 0.717) is 25.5 Å². The van der Waals surface area contributed by atoms with E-state index < -0.39 is 0 Å². The second-order valence-corrected chi connectivity index (χ2v) is 9.16. The zero-order valence-corrected chi connectivity index (χ0v) is 18.3. The van der Waals surface area contributed by atoms with E-state index in [2.05, 4.69) is 10.3 Å². The molecule has 0 bridgehead atoms. The number of thiophene rings is 1. The minimum absolute atomic E-state index is 0.0305. The van der Waals surface area contributed by atoms with E-state index in [1.165, 1.54) is 16.9 Å². The number of rotatable bonds is 5. The predicted octanol–water partition coefficient (Wildman–Crippen LogP) is 3.38. The molecule has 8 heteroatoms. The average molecular weight is 440 g/mol. The summed E-state index contributed by atoms with van der Waals surface area (Å²) in [6.07, 6.45) is 6.07. The molecule has 1 aromatic carbocycles. The van der Waals surface area contributed by atoms with Crippen molar-refractivity contribution < 1.29 is 14.3 Å². The molecule has 3 aromatic rings. The maximum Gasteiger partial charge on any atom is 0.262 e. The van der Waals surface area contributed by atoms with Crippen molar-refractivity contribution >= 4 is 27.5 Å². The fraction of sp³-hybridized carbons (Fsp3) is 0.435. The summed E-state index contributed by atoms with van der Waals surface area (Å²) in [7, 11) is 0. The van der Waals surface area contributed by atoms with Gasteiger partial charge in [-0.2, -0.15) is 0 Å². The lowest BCUT2D eigenvalue weighted by molar-refractivity contribution is -0.121. The normalized spacial score (nSPS) is 16.0. The van der Waals surface area contributed by atoms with Crippen LogP contribution in [0.4, 0.5) is 0 Å². The summed E-state index contributed by atoms with van der Waals surface area (Å²) in [4.78, 5) is 32.2. The van der Waals surface area contributed by atoms with Crippen molar-refractivity contribution in [3.05, 3.63) is 50.9 Å². The fourth-order valence-corrected chi connectivity index (χ4v) is 5.51. The maximum absolute atomic E-state index is 13.0. The average Bonchev–Trinajstić information content (AvgIpc) is 3.17. The minimum Gasteiger partial charge on any atom is -0.486 e. The number of carbonyl (C=O) groups excluding carboxylic acids is 1. The number of ether oxygens (including phenoxy) is 2. The van der Waals surface area contributed by atoms with E-state index in [0.717, 1.165) is 40.8 Å². The summed E-state index contributed by atoms with van der Waals surface area (Å²) in [5.74, 6) is 1.32. The largest absolute Gasteiger partial charge is 0.486 e. The van der Waals surface area contributed by atoms with Gasteiger partial charge in [0.25, 0.3) is 5.56 Å². The van der Waals surface area contributed by atoms with Crippen molar-refractivity contribution in [3.8, 4) is 11.5 Å². The standard InChI is InChI=1S/C23H25N3O4S/c1-14(15-6-7-17-18(12-15)30-11-10-29-17)25-20(27)8-9-26-13-24-22-21(23(26)28)16-4-2-3-5-19(16)31-22/h6-7,12-14H,2-5,8-11H2,1H3,(H,25,27)/t14-/m0/s1. The van der Waals surface area contributed by atoms with Crippen LogP contribution in [-0.4, -0.2) is 28.7 Å². The van der Waals surface area contributed by atoms with Crippen LogP contribution in [0, 0.1) is 0 Å². The van der Waals surface area contributed by atoms with Crippen molar-refractivity contribution in [2.45, 2.75) is 51.6 Å². The number of carbonyl (C=O) groups is 1.